The van der Waals surface area contributed by atoms with E-state index in [9.17, 15) is 9.59 Å². The number of hydrogen-bond donors (Lipinski definition) is 0. The predicted molar refractivity (Wildman–Crippen MR) is 121 cm³/mol. The van der Waals surface area contributed by atoms with Gasteiger partial charge in [-0.05, 0) is 37.1 Å². The molecular weight excluding hydrogens is 416 g/mol. The van der Waals surface area contributed by atoms with E-state index in [4.69, 9.17) is 21.1 Å². The van der Waals surface area contributed by atoms with Crippen LogP contribution in [0.1, 0.15) is 25.7 Å². The first-order valence-corrected chi connectivity index (χ1v) is 11.1. The van der Waals surface area contributed by atoms with Crippen molar-refractivity contribution in [2.45, 2.75) is 25.7 Å². The van der Waals surface area contributed by atoms with Crippen LogP contribution in [0.2, 0.25) is 5.02 Å². The molecule has 0 N–H and O–H groups in total. The summed E-state index contributed by atoms with van der Waals surface area (Å²) < 4.78 is 11.3. The number of ether oxygens (including phenoxy) is 2. The minimum absolute atomic E-state index is 0.103. The van der Waals surface area contributed by atoms with E-state index >= 15 is 0 Å². The molecule has 2 aromatic carbocycles. The van der Waals surface area contributed by atoms with E-state index < -0.39 is 0 Å². The number of carbonyl (C=O) groups excluding carboxylic acids is 2. The van der Waals surface area contributed by atoms with Crippen LogP contribution in [-0.4, -0.2) is 61.0 Å². The highest BCUT2D eigenvalue weighted by Gasteiger charge is 2.23. The van der Waals surface area contributed by atoms with Crippen molar-refractivity contribution >= 4 is 23.4 Å². The topological polar surface area (TPSA) is 59.1 Å². The van der Waals surface area contributed by atoms with Gasteiger partial charge in [0.15, 0.2) is 0 Å². The average molecular weight is 445 g/mol. The fourth-order valence-electron chi connectivity index (χ4n) is 3.42. The standard InChI is InChI=1S/C24H29ClN2O4/c25-21-10-4-5-11-22(21)31-19-7-13-24(29)27-16-14-26(15-17-27)23(28)12-6-18-30-20-8-2-1-3-9-20/h1-5,8-11H,6-7,12-19H2. The zero-order valence-electron chi connectivity index (χ0n) is 17.7. The maximum Gasteiger partial charge on any atom is 0.222 e. The lowest BCUT2D eigenvalue weighted by atomic mass is 10.2. The first-order valence-electron chi connectivity index (χ1n) is 10.7. The van der Waals surface area contributed by atoms with E-state index in [1.807, 2.05) is 58.3 Å². The second kappa shape index (κ2) is 12.2. The van der Waals surface area contributed by atoms with E-state index in [1.165, 1.54) is 0 Å². The van der Waals surface area contributed by atoms with Crippen molar-refractivity contribution in [3.05, 3.63) is 59.6 Å². The molecule has 0 atom stereocenters. The smallest absolute Gasteiger partial charge is 0.222 e. The number of piperazine rings is 1. The number of carbonyl (C=O) groups is 2. The third-order valence-electron chi connectivity index (χ3n) is 5.16. The van der Waals surface area contributed by atoms with Crippen molar-refractivity contribution in [2.75, 3.05) is 39.4 Å². The number of para-hydroxylation sites is 2. The molecule has 0 bridgehead atoms. The molecule has 1 saturated heterocycles. The highest BCUT2D eigenvalue weighted by atomic mass is 35.5. The van der Waals surface area contributed by atoms with Crippen LogP contribution in [-0.2, 0) is 9.59 Å². The van der Waals surface area contributed by atoms with Gasteiger partial charge in [0, 0.05) is 39.0 Å². The first-order chi connectivity index (χ1) is 15.1. The monoisotopic (exact) mass is 444 g/mol. The van der Waals surface area contributed by atoms with Crippen molar-refractivity contribution in [1.29, 1.82) is 0 Å². The first kappa shape index (κ1) is 22.9. The van der Waals surface area contributed by atoms with Gasteiger partial charge in [-0.25, -0.2) is 0 Å². The fourth-order valence-corrected chi connectivity index (χ4v) is 3.61. The Bertz CT molecular complexity index is 838. The van der Waals surface area contributed by atoms with Gasteiger partial charge in [-0.3, -0.25) is 9.59 Å². The number of rotatable bonds is 10. The summed E-state index contributed by atoms with van der Waals surface area (Å²) in [5, 5.41) is 0.571. The molecule has 0 radical (unpaired) electrons. The van der Waals surface area contributed by atoms with Crippen molar-refractivity contribution in [3.63, 3.8) is 0 Å². The summed E-state index contributed by atoms with van der Waals surface area (Å²) in [6.07, 6.45) is 2.19. The van der Waals surface area contributed by atoms with E-state index in [1.54, 1.807) is 6.07 Å². The molecule has 1 heterocycles. The zero-order chi connectivity index (χ0) is 21.9. The summed E-state index contributed by atoms with van der Waals surface area (Å²) in [7, 11) is 0. The lowest BCUT2D eigenvalue weighted by molar-refractivity contribution is -0.139. The molecule has 1 aliphatic rings. The molecule has 1 aliphatic heterocycles. The predicted octanol–water partition coefficient (Wildman–Crippen LogP) is 4.03. The van der Waals surface area contributed by atoms with Gasteiger partial charge in [-0.2, -0.15) is 0 Å². The minimum Gasteiger partial charge on any atom is -0.494 e. The summed E-state index contributed by atoms with van der Waals surface area (Å²) in [5.74, 6) is 1.68. The summed E-state index contributed by atoms with van der Waals surface area (Å²) >= 11 is 6.06. The maximum atomic E-state index is 12.4. The normalized spacial score (nSPS) is 13.7. The highest BCUT2D eigenvalue weighted by molar-refractivity contribution is 6.32. The number of benzene rings is 2. The van der Waals surface area contributed by atoms with Crippen LogP contribution < -0.4 is 9.47 Å². The van der Waals surface area contributed by atoms with Crippen molar-refractivity contribution < 1.29 is 19.1 Å². The Kier molecular flexibility index (Phi) is 9.03. The molecule has 0 spiro atoms. The fraction of sp³-hybridized carbons (Fsp3) is 0.417. The maximum absolute atomic E-state index is 12.4. The zero-order valence-corrected chi connectivity index (χ0v) is 18.4. The number of halogens is 1. The minimum atomic E-state index is 0.103. The highest BCUT2D eigenvalue weighted by Crippen LogP contribution is 2.23. The molecule has 0 aliphatic carbocycles. The molecule has 2 aromatic rings. The van der Waals surface area contributed by atoms with Crippen molar-refractivity contribution in [2.24, 2.45) is 0 Å². The molecule has 7 heteroatoms. The van der Waals surface area contributed by atoms with Gasteiger partial charge in [0.05, 0.1) is 18.2 Å². The molecule has 1 fully saturated rings. The van der Waals surface area contributed by atoms with Gasteiger partial charge < -0.3 is 19.3 Å². The summed E-state index contributed by atoms with van der Waals surface area (Å²) in [6.45, 7) is 3.29. The Labute approximate surface area is 188 Å². The molecule has 6 nitrogen and oxygen atoms in total. The van der Waals surface area contributed by atoms with E-state index in [-0.39, 0.29) is 11.8 Å². The van der Waals surface area contributed by atoms with Crippen LogP contribution in [0.4, 0.5) is 0 Å². The summed E-state index contributed by atoms with van der Waals surface area (Å²) in [5.41, 5.74) is 0. The van der Waals surface area contributed by atoms with E-state index in [0.717, 1.165) is 5.75 Å². The number of hydrogen-bond acceptors (Lipinski definition) is 4. The molecule has 3 rings (SSSR count). The quantitative estimate of drug-likeness (QED) is 0.519. The SMILES string of the molecule is O=C(CCCOc1ccccc1)N1CCN(C(=O)CCCOc2ccccc2Cl)CC1. The third-order valence-corrected chi connectivity index (χ3v) is 5.47. The van der Waals surface area contributed by atoms with Crippen molar-refractivity contribution in [3.8, 4) is 11.5 Å². The lowest BCUT2D eigenvalue weighted by Gasteiger charge is -2.35. The molecule has 0 aromatic heterocycles. The Morgan fingerprint density at radius 1 is 0.742 bits per heavy atom. The molecule has 2 amide bonds. The Morgan fingerprint density at radius 2 is 1.26 bits per heavy atom. The van der Waals surface area contributed by atoms with Crippen molar-refractivity contribution in [1.82, 2.24) is 9.80 Å². The number of nitrogens with zero attached hydrogens (tertiary/aromatic N) is 2. The molecule has 0 unspecified atom stereocenters. The Balaban J connectivity index is 1.27. The summed E-state index contributed by atoms with van der Waals surface area (Å²) in [4.78, 5) is 28.5. The second-order valence-corrected chi connectivity index (χ2v) is 7.82. The van der Waals surface area contributed by atoms with E-state index in [0.29, 0.717) is 75.8 Å². The second-order valence-electron chi connectivity index (χ2n) is 7.41. The van der Waals surface area contributed by atoms with Gasteiger partial charge in [0.2, 0.25) is 11.8 Å². The van der Waals surface area contributed by atoms with Gasteiger partial charge in [0.1, 0.15) is 11.5 Å². The van der Waals surface area contributed by atoms with Crippen LogP contribution in [0.5, 0.6) is 11.5 Å². The van der Waals surface area contributed by atoms with Crippen LogP contribution in [0, 0.1) is 0 Å². The average Bonchev–Trinajstić information content (AvgIpc) is 2.81. The van der Waals surface area contributed by atoms with Gasteiger partial charge in [-0.1, -0.05) is 41.9 Å². The molecule has 31 heavy (non-hydrogen) atoms. The third kappa shape index (κ3) is 7.47. The largest absolute Gasteiger partial charge is 0.494 e. The Morgan fingerprint density at radius 3 is 1.84 bits per heavy atom. The van der Waals surface area contributed by atoms with Gasteiger partial charge in [-0.15, -0.1) is 0 Å². The molecular formula is C24H29ClN2O4. The summed E-state index contributed by atoms with van der Waals surface area (Å²) in [6, 6.07) is 16.9. The van der Waals surface area contributed by atoms with Crippen LogP contribution >= 0.6 is 11.6 Å². The van der Waals surface area contributed by atoms with Crippen LogP contribution in [0.15, 0.2) is 54.6 Å². The van der Waals surface area contributed by atoms with Crippen LogP contribution in [0.25, 0.3) is 0 Å². The molecule has 166 valence electrons. The number of amides is 2. The lowest BCUT2D eigenvalue weighted by Crippen LogP contribution is -2.50. The Hall–Kier alpha value is -2.73. The van der Waals surface area contributed by atoms with E-state index in [2.05, 4.69) is 0 Å². The van der Waals surface area contributed by atoms with Crippen LogP contribution in [0.3, 0.4) is 0 Å². The molecule has 0 saturated carbocycles. The van der Waals surface area contributed by atoms with Gasteiger partial charge in [0.25, 0.3) is 0 Å². The van der Waals surface area contributed by atoms with Gasteiger partial charge >= 0.3 is 0 Å².